The molecule has 1 fully saturated rings. The van der Waals surface area contributed by atoms with E-state index in [4.69, 9.17) is 0 Å². The number of pyridine rings is 1. The van der Waals surface area contributed by atoms with E-state index >= 15 is 0 Å². The summed E-state index contributed by atoms with van der Waals surface area (Å²) in [6.07, 6.45) is 9.41. The zero-order valence-corrected chi connectivity index (χ0v) is 14.0. The molecular weight excluding hydrogens is 326 g/mol. The number of carbonyl (C=O) groups excluding carboxylic acids is 1. The Morgan fingerprint density at radius 1 is 1.08 bits per heavy atom. The van der Waals surface area contributed by atoms with Gasteiger partial charge in [-0.05, 0) is 43.2 Å². The molecule has 5 rings (SSSR count). The second-order valence-corrected chi connectivity index (χ2v) is 6.51. The molecule has 3 aromatic heterocycles. The van der Waals surface area contributed by atoms with Crippen LogP contribution >= 0.6 is 0 Å². The van der Waals surface area contributed by atoms with E-state index in [1.807, 2.05) is 47.4 Å². The van der Waals surface area contributed by atoms with Gasteiger partial charge in [0.25, 0.3) is 0 Å². The van der Waals surface area contributed by atoms with Gasteiger partial charge < -0.3 is 9.88 Å². The predicted molar refractivity (Wildman–Crippen MR) is 99.5 cm³/mol. The Morgan fingerprint density at radius 3 is 2.81 bits per heavy atom. The minimum atomic E-state index is 0.0629. The number of hydrogen-bond acceptors (Lipinski definition) is 3. The van der Waals surface area contributed by atoms with Gasteiger partial charge in [0.1, 0.15) is 5.82 Å². The molecule has 26 heavy (non-hydrogen) atoms. The maximum absolute atomic E-state index is 12.0. The molecule has 1 aromatic carbocycles. The van der Waals surface area contributed by atoms with Crippen molar-refractivity contribution >= 4 is 22.6 Å². The number of rotatable bonds is 4. The summed E-state index contributed by atoms with van der Waals surface area (Å²) in [6.45, 7) is 0. The number of nitrogens with one attached hydrogen (secondary N) is 1. The van der Waals surface area contributed by atoms with Crippen LogP contribution in [0.4, 0.5) is 5.82 Å². The van der Waals surface area contributed by atoms with Crippen molar-refractivity contribution in [3.63, 3.8) is 0 Å². The number of nitrogens with zero attached hydrogens (tertiary/aromatic N) is 4. The average Bonchev–Trinajstić information content (AvgIpc) is 3.20. The summed E-state index contributed by atoms with van der Waals surface area (Å²) in [5.74, 6) is 0.807. The van der Waals surface area contributed by atoms with Crippen LogP contribution in [-0.2, 0) is 4.79 Å². The third-order valence-electron chi connectivity index (χ3n) is 4.68. The van der Waals surface area contributed by atoms with Gasteiger partial charge in [0.05, 0.1) is 16.9 Å². The highest BCUT2D eigenvalue weighted by Crippen LogP contribution is 2.30. The zero-order chi connectivity index (χ0) is 17.5. The first-order chi connectivity index (χ1) is 12.8. The van der Waals surface area contributed by atoms with E-state index in [0.717, 1.165) is 35.1 Å². The van der Waals surface area contributed by atoms with Gasteiger partial charge in [-0.15, -0.1) is 0 Å². The summed E-state index contributed by atoms with van der Waals surface area (Å²) in [7, 11) is 0. The van der Waals surface area contributed by atoms with Gasteiger partial charge in [-0.3, -0.25) is 4.79 Å². The molecule has 6 heteroatoms. The highest BCUT2D eigenvalue weighted by Gasteiger charge is 2.29. The van der Waals surface area contributed by atoms with Crippen LogP contribution in [0.1, 0.15) is 12.8 Å². The lowest BCUT2D eigenvalue weighted by molar-refractivity contribution is -0.117. The monoisotopic (exact) mass is 343 g/mol. The van der Waals surface area contributed by atoms with Crippen molar-refractivity contribution in [2.45, 2.75) is 12.8 Å². The predicted octanol–water partition coefficient (Wildman–Crippen LogP) is 3.56. The van der Waals surface area contributed by atoms with Crippen molar-refractivity contribution in [2.24, 2.45) is 5.92 Å². The maximum atomic E-state index is 12.0. The summed E-state index contributed by atoms with van der Waals surface area (Å²) in [6, 6.07) is 14.0. The lowest BCUT2D eigenvalue weighted by Gasteiger charge is -2.09. The number of fused-ring (bicyclic) bond motifs is 1. The highest BCUT2D eigenvalue weighted by molar-refractivity contribution is 5.93. The minimum absolute atomic E-state index is 0.0629. The Kier molecular flexibility index (Phi) is 3.35. The second kappa shape index (κ2) is 5.84. The third kappa shape index (κ3) is 2.56. The first-order valence-electron chi connectivity index (χ1n) is 8.67. The average molecular weight is 343 g/mol. The van der Waals surface area contributed by atoms with E-state index < -0.39 is 0 Å². The van der Waals surface area contributed by atoms with E-state index in [1.54, 1.807) is 12.4 Å². The molecule has 4 aromatic rings. The molecule has 128 valence electrons. The van der Waals surface area contributed by atoms with Crippen LogP contribution in [0.5, 0.6) is 0 Å². The lowest BCUT2D eigenvalue weighted by Crippen LogP contribution is -2.14. The minimum Gasteiger partial charge on any atom is -0.316 e. The fraction of sp³-hybridized carbons (Fsp3) is 0.150. The first-order valence-corrected chi connectivity index (χ1v) is 8.67. The molecule has 3 heterocycles. The molecule has 0 atom stereocenters. The van der Waals surface area contributed by atoms with Crippen molar-refractivity contribution in [3.05, 3.63) is 67.3 Å². The molecule has 0 saturated heterocycles. The summed E-state index contributed by atoms with van der Waals surface area (Å²) in [5.41, 5.74) is 3.06. The van der Waals surface area contributed by atoms with Crippen LogP contribution < -0.4 is 5.32 Å². The molecule has 1 N–H and O–H groups in total. The molecule has 1 amide bonds. The van der Waals surface area contributed by atoms with Crippen LogP contribution in [0.3, 0.4) is 0 Å². The summed E-state index contributed by atoms with van der Waals surface area (Å²) < 4.78 is 3.96. The molecular formula is C20H17N5O. The van der Waals surface area contributed by atoms with Crippen LogP contribution in [0, 0.1) is 5.92 Å². The third-order valence-corrected chi connectivity index (χ3v) is 4.68. The second-order valence-electron chi connectivity index (χ2n) is 6.51. The normalized spacial score (nSPS) is 13.8. The smallest absolute Gasteiger partial charge is 0.228 e. The van der Waals surface area contributed by atoms with Crippen LogP contribution in [0.25, 0.3) is 22.3 Å². The standard InChI is InChI=1S/C20H17N5O/c26-20(14-5-6-14)23-19-13-15(7-10-21-19)24-12-8-16-17(24)3-1-4-18(16)25-11-2-9-22-25/h1-4,7-14H,5-6H2,(H,21,23,26). The van der Waals surface area contributed by atoms with Gasteiger partial charge in [0.2, 0.25) is 5.91 Å². The Balaban J connectivity index is 1.55. The van der Waals surface area contributed by atoms with Gasteiger partial charge in [-0.25, -0.2) is 9.67 Å². The molecule has 6 nitrogen and oxygen atoms in total. The quantitative estimate of drug-likeness (QED) is 0.616. The Bertz CT molecular complexity index is 1090. The van der Waals surface area contributed by atoms with Gasteiger partial charge >= 0.3 is 0 Å². The number of carbonyl (C=O) groups is 1. The highest BCUT2D eigenvalue weighted by atomic mass is 16.2. The number of amides is 1. The summed E-state index contributed by atoms with van der Waals surface area (Å²) >= 11 is 0. The van der Waals surface area contributed by atoms with Crippen LogP contribution in [0.2, 0.25) is 0 Å². The van der Waals surface area contributed by atoms with Gasteiger partial charge in [-0.1, -0.05) is 6.07 Å². The molecule has 0 bridgehead atoms. The molecule has 0 spiro atoms. The number of benzene rings is 1. The number of hydrogen-bond donors (Lipinski definition) is 1. The van der Waals surface area contributed by atoms with Crippen LogP contribution in [0.15, 0.2) is 67.3 Å². The van der Waals surface area contributed by atoms with Crippen LogP contribution in [-0.4, -0.2) is 25.2 Å². The van der Waals surface area contributed by atoms with E-state index in [1.165, 1.54) is 0 Å². The number of anilines is 1. The van der Waals surface area contributed by atoms with E-state index in [0.29, 0.717) is 5.82 Å². The van der Waals surface area contributed by atoms with Crippen molar-refractivity contribution < 1.29 is 4.79 Å². The zero-order valence-electron chi connectivity index (χ0n) is 14.0. The summed E-state index contributed by atoms with van der Waals surface area (Å²) in [4.78, 5) is 16.3. The molecule has 1 aliphatic carbocycles. The lowest BCUT2D eigenvalue weighted by atomic mass is 10.2. The Morgan fingerprint density at radius 2 is 2.00 bits per heavy atom. The van der Waals surface area contributed by atoms with Crippen molar-refractivity contribution in [3.8, 4) is 11.4 Å². The van der Waals surface area contributed by atoms with Gasteiger partial charge in [0, 0.05) is 42.2 Å². The van der Waals surface area contributed by atoms with Gasteiger partial charge in [0.15, 0.2) is 0 Å². The molecule has 1 aliphatic rings. The Hall–Kier alpha value is -3.41. The van der Waals surface area contributed by atoms with E-state index in [9.17, 15) is 4.79 Å². The van der Waals surface area contributed by atoms with E-state index in [-0.39, 0.29) is 11.8 Å². The summed E-state index contributed by atoms with van der Waals surface area (Å²) in [5, 5.41) is 8.36. The fourth-order valence-corrected chi connectivity index (χ4v) is 3.20. The van der Waals surface area contributed by atoms with Gasteiger partial charge in [-0.2, -0.15) is 5.10 Å². The fourth-order valence-electron chi connectivity index (χ4n) is 3.20. The first kappa shape index (κ1) is 14.9. The topological polar surface area (TPSA) is 64.7 Å². The SMILES string of the molecule is O=C(Nc1cc(-n2ccc3c(-n4cccn4)cccc32)ccn1)C1CC1. The van der Waals surface area contributed by atoms with Crippen molar-refractivity contribution in [1.29, 1.82) is 0 Å². The molecule has 0 aliphatic heterocycles. The number of aromatic nitrogens is 4. The molecule has 1 saturated carbocycles. The molecule has 0 unspecified atom stereocenters. The Labute approximate surface area is 150 Å². The largest absolute Gasteiger partial charge is 0.316 e. The van der Waals surface area contributed by atoms with Crippen molar-refractivity contribution in [1.82, 2.24) is 19.3 Å². The molecule has 0 radical (unpaired) electrons. The van der Waals surface area contributed by atoms with Crippen molar-refractivity contribution in [2.75, 3.05) is 5.32 Å². The van der Waals surface area contributed by atoms with E-state index in [2.05, 4.69) is 32.1 Å². The maximum Gasteiger partial charge on any atom is 0.228 e.